The monoisotopic (exact) mass is 195 g/mol. The lowest BCUT2D eigenvalue weighted by Gasteiger charge is -2.08. The molecule has 0 atom stereocenters. The summed E-state index contributed by atoms with van der Waals surface area (Å²) in [5.74, 6) is 4.40. The number of nitrogens with one attached hydrogen (secondary N) is 1. The minimum atomic E-state index is -0.558. The number of carbonyl (C=O) groups is 1. The average molecular weight is 195 g/mol. The van der Waals surface area contributed by atoms with Gasteiger partial charge in [-0.3, -0.25) is 15.0 Å². The van der Waals surface area contributed by atoms with Crippen molar-refractivity contribution in [1.29, 1.82) is 0 Å². The fourth-order valence-corrected chi connectivity index (χ4v) is 1.31. The van der Waals surface area contributed by atoms with E-state index in [0.717, 1.165) is 5.69 Å². The van der Waals surface area contributed by atoms with Gasteiger partial charge in [-0.05, 0) is 26.0 Å². The van der Waals surface area contributed by atoms with Crippen LogP contribution in [0, 0.1) is 6.92 Å². The summed E-state index contributed by atoms with van der Waals surface area (Å²) in [6.45, 7) is 4.20. The Morgan fingerprint density at radius 1 is 1.57 bits per heavy atom. The van der Waals surface area contributed by atoms with Gasteiger partial charge < -0.3 is 4.57 Å². The first-order valence-corrected chi connectivity index (χ1v) is 4.33. The van der Waals surface area contributed by atoms with Gasteiger partial charge >= 0.3 is 0 Å². The van der Waals surface area contributed by atoms with E-state index in [9.17, 15) is 9.59 Å². The number of nitrogens with zero attached hydrogens (tertiary/aromatic N) is 1. The van der Waals surface area contributed by atoms with Crippen LogP contribution in [-0.2, 0) is 6.54 Å². The first-order valence-electron chi connectivity index (χ1n) is 4.33. The number of nitrogen functional groups attached to an aromatic ring is 1. The molecule has 1 rings (SSSR count). The Morgan fingerprint density at radius 3 is 2.71 bits per heavy atom. The van der Waals surface area contributed by atoms with Gasteiger partial charge in [-0.2, -0.15) is 0 Å². The highest BCUT2D eigenvalue weighted by Crippen LogP contribution is 1.97. The molecule has 1 heterocycles. The van der Waals surface area contributed by atoms with E-state index in [2.05, 4.69) is 0 Å². The summed E-state index contributed by atoms with van der Waals surface area (Å²) in [4.78, 5) is 22.8. The largest absolute Gasteiger partial charge is 0.313 e. The molecule has 3 N–H and O–H groups in total. The Morgan fingerprint density at radius 2 is 2.21 bits per heavy atom. The van der Waals surface area contributed by atoms with Crippen LogP contribution >= 0.6 is 0 Å². The highest BCUT2D eigenvalue weighted by Gasteiger charge is 2.11. The minimum Gasteiger partial charge on any atom is -0.313 e. The number of carbonyl (C=O) groups excluding carboxylic acids is 1. The number of aromatic nitrogens is 1. The van der Waals surface area contributed by atoms with Crippen molar-refractivity contribution in [3.8, 4) is 0 Å². The summed E-state index contributed by atoms with van der Waals surface area (Å²) in [5, 5.41) is 0. The summed E-state index contributed by atoms with van der Waals surface area (Å²) < 4.78 is 1.52. The molecule has 0 aliphatic rings. The Kier molecular flexibility index (Phi) is 3.03. The molecule has 5 heteroatoms. The zero-order valence-corrected chi connectivity index (χ0v) is 8.20. The summed E-state index contributed by atoms with van der Waals surface area (Å²) in [7, 11) is 0. The quantitative estimate of drug-likeness (QED) is 0.389. The summed E-state index contributed by atoms with van der Waals surface area (Å²) in [6.07, 6.45) is 0. The van der Waals surface area contributed by atoms with Crippen LogP contribution in [0.4, 0.5) is 0 Å². The van der Waals surface area contributed by atoms with Crippen molar-refractivity contribution < 1.29 is 4.79 Å². The first kappa shape index (κ1) is 10.5. The van der Waals surface area contributed by atoms with Crippen LogP contribution in [0.5, 0.6) is 0 Å². The summed E-state index contributed by atoms with van der Waals surface area (Å²) in [6, 6.07) is 3.20. The van der Waals surface area contributed by atoms with Crippen LogP contribution in [0.2, 0.25) is 0 Å². The van der Waals surface area contributed by atoms with Crippen molar-refractivity contribution in [3.05, 3.63) is 33.7 Å². The van der Waals surface area contributed by atoms with Crippen molar-refractivity contribution in [2.24, 2.45) is 5.84 Å². The summed E-state index contributed by atoms with van der Waals surface area (Å²) in [5.41, 5.74) is 2.53. The maximum atomic E-state index is 11.7. The smallest absolute Gasteiger partial charge is 0.270 e. The molecule has 0 aromatic carbocycles. The van der Waals surface area contributed by atoms with Crippen LogP contribution in [0.25, 0.3) is 0 Å². The molecule has 0 bridgehead atoms. The fraction of sp³-hybridized carbons (Fsp3) is 0.333. The molecule has 0 aliphatic carbocycles. The average Bonchev–Trinajstić information content (AvgIpc) is 2.18. The van der Waals surface area contributed by atoms with Crippen molar-refractivity contribution >= 4 is 5.91 Å². The zero-order chi connectivity index (χ0) is 10.7. The van der Waals surface area contributed by atoms with Gasteiger partial charge in [0.25, 0.3) is 11.5 Å². The third-order valence-electron chi connectivity index (χ3n) is 2.08. The van der Waals surface area contributed by atoms with Crippen LogP contribution in [0.15, 0.2) is 16.9 Å². The molecule has 1 amide bonds. The topological polar surface area (TPSA) is 77.1 Å². The number of hydrogen-bond donors (Lipinski definition) is 2. The van der Waals surface area contributed by atoms with E-state index in [0.29, 0.717) is 6.54 Å². The second kappa shape index (κ2) is 4.06. The number of rotatable bonds is 2. The SMILES string of the molecule is CCn1c(C)ccc(C(=O)NN)c1=O. The maximum absolute atomic E-state index is 11.7. The standard InChI is InChI=1S/C9H13N3O2/c1-3-12-6(2)4-5-7(9(12)14)8(13)11-10/h4-5H,3,10H2,1-2H3,(H,11,13). The molecular formula is C9H13N3O2. The molecule has 14 heavy (non-hydrogen) atoms. The number of aryl methyl sites for hydroxylation is 1. The van der Waals surface area contributed by atoms with Crippen LogP contribution < -0.4 is 16.8 Å². The van der Waals surface area contributed by atoms with E-state index >= 15 is 0 Å². The lowest BCUT2D eigenvalue weighted by Crippen LogP contribution is -2.36. The third-order valence-corrected chi connectivity index (χ3v) is 2.08. The molecule has 1 aromatic heterocycles. The Balaban J connectivity index is 3.36. The van der Waals surface area contributed by atoms with Crippen LogP contribution in [0.1, 0.15) is 23.0 Å². The number of pyridine rings is 1. The zero-order valence-electron chi connectivity index (χ0n) is 8.20. The predicted molar refractivity (Wildman–Crippen MR) is 52.8 cm³/mol. The molecule has 0 saturated carbocycles. The van der Waals surface area contributed by atoms with Gasteiger partial charge in [0.05, 0.1) is 0 Å². The fourth-order valence-electron chi connectivity index (χ4n) is 1.31. The Hall–Kier alpha value is -1.62. The van der Waals surface area contributed by atoms with Gasteiger partial charge in [0.1, 0.15) is 5.56 Å². The molecule has 0 spiro atoms. The molecule has 0 fully saturated rings. The number of nitrogens with two attached hydrogens (primary N) is 1. The molecule has 0 aliphatic heterocycles. The van der Waals surface area contributed by atoms with E-state index in [-0.39, 0.29) is 11.1 Å². The summed E-state index contributed by atoms with van der Waals surface area (Å²) >= 11 is 0. The van der Waals surface area contributed by atoms with Crippen molar-refractivity contribution in [2.75, 3.05) is 0 Å². The second-order valence-electron chi connectivity index (χ2n) is 2.91. The van der Waals surface area contributed by atoms with Gasteiger partial charge in [-0.1, -0.05) is 0 Å². The number of hydrogen-bond acceptors (Lipinski definition) is 3. The maximum Gasteiger partial charge on any atom is 0.270 e. The minimum absolute atomic E-state index is 0.0694. The normalized spacial score (nSPS) is 9.93. The van der Waals surface area contributed by atoms with E-state index in [1.54, 1.807) is 6.07 Å². The van der Waals surface area contributed by atoms with Gasteiger partial charge in [0.2, 0.25) is 0 Å². The first-order chi connectivity index (χ1) is 6.61. The van der Waals surface area contributed by atoms with Gasteiger partial charge in [0.15, 0.2) is 0 Å². The molecular weight excluding hydrogens is 182 g/mol. The molecule has 1 aromatic rings. The third kappa shape index (κ3) is 1.67. The lowest BCUT2D eigenvalue weighted by molar-refractivity contribution is 0.0951. The van der Waals surface area contributed by atoms with Gasteiger partial charge in [-0.15, -0.1) is 0 Å². The molecule has 0 radical (unpaired) electrons. The lowest BCUT2D eigenvalue weighted by atomic mass is 10.2. The molecule has 76 valence electrons. The van der Waals surface area contributed by atoms with E-state index in [1.165, 1.54) is 10.6 Å². The van der Waals surface area contributed by atoms with E-state index in [4.69, 9.17) is 5.84 Å². The number of hydrazine groups is 1. The van der Waals surface area contributed by atoms with E-state index in [1.807, 2.05) is 19.3 Å². The molecule has 0 unspecified atom stereocenters. The number of amides is 1. The van der Waals surface area contributed by atoms with E-state index < -0.39 is 5.91 Å². The van der Waals surface area contributed by atoms with Gasteiger partial charge in [0, 0.05) is 12.2 Å². The molecule has 0 saturated heterocycles. The Bertz CT molecular complexity index is 409. The van der Waals surface area contributed by atoms with Crippen LogP contribution in [0.3, 0.4) is 0 Å². The molecule has 5 nitrogen and oxygen atoms in total. The highest BCUT2D eigenvalue weighted by molar-refractivity contribution is 5.93. The highest BCUT2D eigenvalue weighted by atomic mass is 16.2. The van der Waals surface area contributed by atoms with Crippen molar-refractivity contribution in [2.45, 2.75) is 20.4 Å². The second-order valence-corrected chi connectivity index (χ2v) is 2.91. The predicted octanol–water partition coefficient (Wildman–Crippen LogP) is -0.220. The van der Waals surface area contributed by atoms with Crippen molar-refractivity contribution in [1.82, 2.24) is 9.99 Å². The van der Waals surface area contributed by atoms with Crippen LogP contribution in [-0.4, -0.2) is 10.5 Å². The van der Waals surface area contributed by atoms with Gasteiger partial charge in [-0.25, -0.2) is 5.84 Å². The Labute approximate surface area is 81.5 Å². The van der Waals surface area contributed by atoms with Crippen molar-refractivity contribution in [3.63, 3.8) is 0 Å².